The number of rotatable bonds is 6. The number of nitrogens with two attached hydrogens (primary N) is 1. The van der Waals surface area contributed by atoms with E-state index in [2.05, 4.69) is 10.4 Å². The summed E-state index contributed by atoms with van der Waals surface area (Å²) in [5.74, 6) is -1.66. The number of ether oxygens (including phenoxy) is 1. The molecule has 0 aliphatic carbocycles. The minimum Gasteiger partial charge on any atom is -0.465 e. The van der Waals surface area contributed by atoms with Gasteiger partial charge in [0, 0.05) is 6.42 Å². The Kier molecular flexibility index (Phi) is 5.81. The molecule has 0 spiro atoms. The van der Waals surface area contributed by atoms with E-state index in [1.165, 1.54) is 13.3 Å². The maximum absolute atomic E-state index is 12.2. The second-order valence-electron chi connectivity index (χ2n) is 5.22. The Labute approximate surface area is 152 Å². The highest BCUT2D eigenvalue weighted by molar-refractivity contribution is 7.18. The van der Waals surface area contributed by atoms with E-state index in [9.17, 15) is 14.4 Å². The number of carbonyl (C=O) groups is 3. The van der Waals surface area contributed by atoms with Crippen LogP contribution in [-0.2, 0) is 16.1 Å². The van der Waals surface area contributed by atoms with Crippen LogP contribution in [0.4, 0.5) is 5.00 Å². The number of primary amides is 1. The quantitative estimate of drug-likeness (QED) is 0.740. The van der Waals surface area contributed by atoms with Gasteiger partial charge in [-0.15, -0.1) is 11.3 Å². The Morgan fingerprint density at radius 2 is 2.08 bits per heavy atom. The second kappa shape index (κ2) is 7.66. The van der Waals surface area contributed by atoms with Gasteiger partial charge in [0.1, 0.15) is 5.00 Å². The van der Waals surface area contributed by atoms with Gasteiger partial charge in [-0.1, -0.05) is 11.6 Å². The minimum atomic E-state index is -0.671. The molecule has 2 aromatic rings. The zero-order valence-electron chi connectivity index (χ0n) is 13.9. The van der Waals surface area contributed by atoms with Crippen molar-refractivity contribution in [2.24, 2.45) is 5.73 Å². The summed E-state index contributed by atoms with van der Waals surface area (Å²) >= 11 is 6.86. The number of methoxy groups -OCH3 is 1. The normalized spacial score (nSPS) is 10.6. The van der Waals surface area contributed by atoms with Crippen molar-refractivity contribution in [3.05, 3.63) is 32.9 Å². The standard InChI is InChI=1S/C15H17ClN4O4S/c1-7-11(15(23)24-3)14(25-12(7)13(17)22)19-10(21)4-5-20-8(2)9(16)6-18-20/h6H,4-5H2,1-3H3,(H2,17,22)(H,19,21). The number of aryl methyl sites for hydroxylation is 1. The predicted octanol–water partition coefficient (Wildman–Crippen LogP) is 2.13. The fourth-order valence-corrected chi connectivity index (χ4v) is 3.43. The summed E-state index contributed by atoms with van der Waals surface area (Å²) in [7, 11) is 1.22. The molecule has 3 N–H and O–H groups in total. The molecule has 2 heterocycles. The summed E-state index contributed by atoms with van der Waals surface area (Å²) in [6.07, 6.45) is 1.62. The number of halogens is 1. The van der Waals surface area contributed by atoms with Crippen LogP contribution in [0, 0.1) is 13.8 Å². The molecule has 2 rings (SSSR count). The highest BCUT2D eigenvalue weighted by atomic mass is 35.5. The molecule has 8 nitrogen and oxygen atoms in total. The van der Waals surface area contributed by atoms with Crippen molar-refractivity contribution in [1.82, 2.24) is 9.78 Å². The van der Waals surface area contributed by atoms with Gasteiger partial charge in [0.05, 0.1) is 41.0 Å². The number of nitrogens with zero attached hydrogens (tertiary/aromatic N) is 2. The fraction of sp³-hybridized carbons (Fsp3) is 0.333. The first-order chi connectivity index (χ1) is 11.8. The van der Waals surface area contributed by atoms with E-state index in [1.54, 1.807) is 18.5 Å². The lowest BCUT2D eigenvalue weighted by Crippen LogP contribution is -2.17. The van der Waals surface area contributed by atoms with Crippen LogP contribution < -0.4 is 11.1 Å². The highest BCUT2D eigenvalue weighted by Gasteiger charge is 2.25. The Morgan fingerprint density at radius 3 is 2.60 bits per heavy atom. The van der Waals surface area contributed by atoms with E-state index in [0.29, 0.717) is 17.1 Å². The van der Waals surface area contributed by atoms with Gasteiger partial charge in [-0.3, -0.25) is 14.3 Å². The fourth-order valence-electron chi connectivity index (χ4n) is 2.23. The molecule has 10 heteroatoms. The third-order valence-corrected chi connectivity index (χ3v) is 5.20. The van der Waals surface area contributed by atoms with E-state index in [0.717, 1.165) is 17.0 Å². The zero-order chi connectivity index (χ0) is 18.7. The van der Waals surface area contributed by atoms with Gasteiger partial charge in [0.2, 0.25) is 5.91 Å². The highest BCUT2D eigenvalue weighted by Crippen LogP contribution is 2.33. The summed E-state index contributed by atoms with van der Waals surface area (Å²) in [6.45, 7) is 3.70. The molecule has 0 radical (unpaired) electrons. The molecule has 0 atom stereocenters. The Morgan fingerprint density at radius 1 is 1.40 bits per heavy atom. The predicted molar refractivity (Wildman–Crippen MR) is 94.1 cm³/mol. The molecule has 0 unspecified atom stereocenters. The monoisotopic (exact) mass is 384 g/mol. The van der Waals surface area contributed by atoms with Crippen LogP contribution >= 0.6 is 22.9 Å². The molecule has 134 valence electrons. The van der Waals surface area contributed by atoms with Crippen molar-refractivity contribution in [1.29, 1.82) is 0 Å². The van der Waals surface area contributed by atoms with Crippen LogP contribution in [0.5, 0.6) is 0 Å². The van der Waals surface area contributed by atoms with Crippen LogP contribution in [0.25, 0.3) is 0 Å². The van der Waals surface area contributed by atoms with E-state index in [4.69, 9.17) is 22.1 Å². The van der Waals surface area contributed by atoms with Crippen molar-refractivity contribution in [2.75, 3.05) is 12.4 Å². The topological polar surface area (TPSA) is 116 Å². The molecular formula is C15H17ClN4O4S. The smallest absolute Gasteiger partial charge is 0.341 e. The third kappa shape index (κ3) is 3.99. The van der Waals surface area contributed by atoms with Crippen molar-refractivity contribution in [3.63, 3.8) is 0 Å². The number of hydrogen-bond donors (Lipinski definition) is 2. The number of hydrogen-bond acceptors (Lipinski definition) is 6. The summed E-state index contributed by atoms with van der Waals surface area (Å²) < 4.78 is 6.32. The molecule has 0 aliphatic rings. The van der Waals surface area contributed by atoms with Gasteiger partial charge in [-0.05, 0) is 19.4 Å². The molecule has 0 saturated heterocycles. The van der Waals surface area contributed by atoms with Gasteiger partial charge in [-0.2, -0.15) is 5.10 Å². The summed E-state index contributed by atoms with van der Waals surface area (Å²) in [5.41, 5.74) is 6.58. The Hall–Kier alpha value is -2.39. The van der Waals surface area contributed by atoms with Gasteiger partial charge < -0.3 is 15.8 Å². The molecule has 2 amide bonds. The number of aromatic nitrogens is 2. The first kappa shape index (κ1) is 18.9. The summed E-state index contributed by atoms with van der Waals surface area (Å²) in [4.78, 5) is 35.8. The number of nitrogens with one attached hydrogen (secondary N) is 1. The van der Waals surface area contributed by atoms with E-state index in [-0.39, 0.29) is 27.8 Å². The molecule has 25 heavy (non-hydrogen) atoms. The van der Waals surface area contributed by atoms with Crippen LogP contribution in [-0.4, -0.2) is 34.7 Å². The average molecular weight is 385 g/mol. The number of esters is 1. The van der Waals surface area contributed by atoms with Crippen LogP contribution in [0.2, 0.25) is 5.02 Å². The van der Waals surface area contributed by atoms with Gasteiger partial charge in [-0.25, -0.2) is 4.79 Å². The molecule has 0 fully saturated rings. The van der Waals surface area contributed by atoms with Crippen molar-refractivity contribution < 1.29 is 19.1 Å². The lowest BCUT2D eigenvalue weighted by Gasteiger charge is -2.07. The van der Waals surface area contributed by atoms with E-state index >= 15 is 0 Å². The van der Waals surface area contributed by atoms with E-state index in [1.807, 2.05) is 0 Å². The molecule has 0 bridgehead atoms. The maximum atomic E-state index is 12.2. The lowest BCUT2D eigenvalue weighted by molar-refractivity contribution is -0.116. The zero-order valence-corrected chi connectivity index (χ0v) is 15.5. The van der Waals surface area contributed by atoms with Gasteiger partial charge in [0.25, 0.3) is 5.91 Å². The van der Waals surface area contributed by atoms with Crippen molar-refractivity contribution in [3.8, 4) is 0 Å². The average Bonchev–Trinajstić information content (AvgIpc) is 3.05. The first-order valence-corrected chi connectivity index (χ1v) is 8.45. The summed E-state index contributed by atoms with van der Waals surface area (Å²) in [5, 5.41) is 7.46. The number of carbonyl (C=O) groups excluding carboxylic acids is 3. The first-order valence-electron chi connectivity index (χ1n) is 7.25. The Balaban J connectivity index is 2.17. The van der Waals surface area contributed by atoms with Crippen molar-refractivity contribution in [2.45, 2.75) is 26.8 Å². The molecule has 2 aromatic heterocycles. The minimum absolute atomic E-state index is 0.113. The number of anilines is 1. The lowest BCUT2D eigenvalue weighted by atomic mass is 10.1. The maximum Gasteiger partial charge on any atom is 0.341 e. The van der Waals surface area contributed by atoms with Crippen LogP contribution in [0.15, 0.2) is 6.20 Å². The number of thiophene rings is 1. The SMILES string of the molecule is COC(=O)c1c(NC(=O)CCn2ncc(Cl)c2C)sc(C(N)=O)c1C. The molecule has 0 aliphatic heterocycles. The van der Waals surface area contributed by atoms with Crippen molar-refractivity contribution >= 4 is 45.7 Å². The largest absolute Gasteiger partial charge is 0.465 e. The second-order valence-corrected chi connectivity index (χ2v) is 6.64. The number of amides is 2. The molecule has 0 saturated carbocycles. The molecular weight excluding hydrogens is 368 g/mol. The third-order valence-electron chi connectivity index (χ3n) is 3.61. The van der Waals surface area contributed by atoms with Crippen LogP contribution in [0.1, 0.15) is 37.7 Å². The summed E-state index contributed by atoms with van der Waals surface area (Å²) in [6, 6.07) is 0. The Bertz CT molecular complexity index is 843. The van der Waals surface area contributed by atoms with Gasteiger partial charge in [0.15, 0.2) is 0 Å². The van der Waals surface area contributed by atoms with Crippen LogP contribution in [0.3, 0.4) is 0 Å². The van der Waals surface area contributed by atoms with Gasteiger partial charge >= 0.3 is 5.97 Å². The molecule has 0 aromatic carbocycles. The van der Waals surface area contributed by atoms with E-state index < -0.39 is 11.9 Å².